The quantitative estimate of drug-likeness (QED) is 0.775. The minimum Gasteiger partial charge on any atom is -0.395 e. The van der Waals surface area contributed by atoms with E-state index in [1.54, 1.807) is 12.4 Å². The van der Waals surface area contributed by atoms with E-state index in [9.17, 15) is 5.11 Å². The van der Waals surface area contributed by atoms with Crippen molar-refractivity contribution in [2.24, 2.45) is 5.92 Å². The Bertz CT molecular complexity index is 274. The lowest BCUT2D eigenvalue weighted by atomic mass is 10.0. The fraction of sp³-hybridized carbons (Fsp3) is 0.583. The molecule has 0 saturated heterocycles. The Hall–Kier alpha value is -0.930. The Morgan fingerprint density at radius 2 is 1.87 bits per heavy atom. The largest absolute Gasteiger partial charge is 0.395 e. The summed E-state index contributed by atoms with van der Waals surface area (Å²) in [7, 11) is 0. The molecule has 1 unspecified atom stereocenters. The van der Waals surface area contributed by atoms with Crippen LogP contribution in [0.15, 0.2) is 24.5 Å². The number of aliphatic hydroxyl groups is 1. The van der Waals surface area contributed by atoms with Crippen LogP contribution in [0.3, 0.4) is 0 Å². The van der Waals surface area contributed by atoms with E-state index in [2.05, 4.69) is 31.1 Å². The van der Waals surface area contributed by atoms with Gasteiger partial charge in [0.1, 0.15) is 0 Å². The van der Waals surface area contributed by atoms with Gasteiger partial charge in [-0.25, -0.2) is 0 Å². The molecule has 0 aliphatic carbocycles. The number of hydrogen-bond acceptors (Lipinski definition) is 3. The van der Waals surface area contributed by atoms with Gasteiger partial charge in [-0.3, -0.25) is 4.98 Å². The molecular weight excluding hydrogens is 188 g/mol. The maximum Gasteiger partial charge on any atom is 0.0587 e. The summed E-state index contributed by atoms with van der Waals surface area (Å²) < 4.78 is 0. The molecule has 3 nitrogen and oxygen atoms in total. The van der Waals surface area contributed by atoms with Crippen LogP contribution in [0.25, 0.3) is 0 Å². The Morgan fingerprint density at radius 1 is 1.27 bits per heavy atom. The number of hydrogen-bond donors (Lipinski definition) is 2. The average molecular weight is 208 g/mol. The van der Waals surface area contributed by atoms with Crippen molar-refractivity contribution < 1.29 is 5.11 Å². The van der Waals surface area contributed by atoms with Gasteiger partial charge in [0.15, 0.2) is 0 Å². The van der Waals surface area contributed by atoms with Crippen molar-refractivity contribution in [3.63, 3.8) is 0 Å². The molecule has 2 N–H and O–H groups in total. The summed E-state index contributed by atoms with van der Waals surface area (Å²) in [4.78, 5) is 3.99. The predicted molar refractivity (Wildman–Crippen MR) is 61.5 cm³/mol. The number of nitrogens with one attached hydrogen (secondary N) is 1. The second-order valence-electron chi connectivity index (χ2n) is 4.20. The van der Waals surface area contributed by atoms with E-state index in [-0.39, 0.29) is 18.7 Å². The van der Waals surface area contributed by atoms with Gasteiger partial charge in [-0.1, -0.05) is 13.8 Å². The van der Waals surface area contributed by atoms with Gasteiger partial charge >= 0.3 is 0 Å². The summed E-state index contributed by atoms with van der Waals surface area (Å²) in [5.74, 6) is 0.430. The van der Waals surface area contributed by atoms with Crippen LogP contribution in [-0.2, 0) is 0 Å². The van der Waals surface area contributed by atoms with Crippen molar-refractivity contribution in [1.29, 1.82) is 0 Å². The van der Waals surface area contributed by atoms with Crippen LogP contribution in [0, 0.1) is 5.92 Å². The van der Waals surface area contributed by atoms with Crippen LogP contribution in [-0.4, -0.2) is 22.7 Å². The van der Waals surface area contributed by atoms with Gasteiger partial charge in [-0.15, -0.1) is 0 Å². The molecule has 1 aromatic rings. The van der Waals surface area contributed by atoms with Crippen LogP contribution in [0.2, 0.25) is 0 Å². The van der Waals surface area contributed by atoms with Crippen molar-refractivity contribution in [3.8, 4) is 0 Å². The monoisotopic (exact) mass is 208 g/mol. The minimum atomic E-state index is 0.146. The third kappa shape index (κ3) is 3.61. The first-order valence-electron chi connectivity index (χ1n) is 5.42. The summed E-state index contributed by atoms with van der Waals surface area (Å²) in [6.45, 7) is 6.48. The molecule has 0 amide bonds. The third-order valence-corrected chi connectivity index (χ3v) is 2.67. The Morgan fingerprint density at radius 3 is 2.33 bits per heavy atom. The lowest BCUT2D eigenvalue weighted by Crippen LogP contribution is -2.38. The zero-order valence-corrected chi connectivity index (χ0v) is 9.64. The number of aliphatic hydroxyl groups excluding tert-OH is 1. The van der Waals surface area contributed by atoms with Crippen molar-refractivity contribution in [3.05, 3.63) is 30.1 Å². The van der Waals surface area contributed by atoms with E-state index >= 15 is 0 Å². The predicted octanol–water partition coefficient (Wildman–Crippen LogP) is 1.75. The number of pyridine rings is 1. The average Bonchev–Trinajstić information content (AvgIpc) is 2.26. The first kappa shape index (κ1) is 12.1. The zero-order chi connectivity index (χ0) is 11.3. The molecule has 0 bridgehead atoms. The van der Waals surface area contributed by atoms with Crippen molar-refractivity contribution in [2.45, 2.75) is 32.9 Å². The molecular formula is C12H20N2O. The van der Waals surface area contributed by atoms with E-state index < -0.39 is 0 Å². The molecule has 0 saturated carbocycles. The van der Waals surface area contributed by atoms with E-state index in [4.69, 9.17) is 0 Å². The molecule has 1 rings (SSSR count). The maximum absolute atomic E-state index is 9.22. The topological polar surface area (TPSA) is 45.1 Å². The van der Waals surface area contributed by atoms with Gasteiger partial charge in [-0.2, -0.15) is 0 Å². The highest BCUT2D eigenvalue weighted by molar-refractivity contribution is 5.14. The van der Waals surface area contributed by atoms with E-state index in [1.165, 1.54) is 5.56 Å². The SMILES string of the molecule is CC(N[C@H](CO)C(C)C)c1ccncc1. The molecule has 2 atom stereocenters. The van der Waals surface area contributed by atoms with Crippen molar-refractivity contribution in [2.75, 3.05) is 6.61 Å². The molecule has 0 aliphatic heterocycles. The fourth-order valence-electron chi connectivity index (χ4n) is 1.53. The van der Waals surface area contributed by atoms with Crippen LogP contribution >= 0.6 is 0 Å². The lowest BCUT2D eigenvalue weighted by molar-refractivity contribution is 0.201. The fourth-order valence-corrected chi connectivity index (χ4v) is 1.53. The van der Waals surface area contributed by atoms with Gasteiger partial charge < -0.3 is 10.4 Å². The number of aromatic nitrogens is 1. The van der Waals surface area contributed by atoms with Crippen LogP contribution in [0.4, 0.5) is 0 Å². The summed E-state index contributed by atoms with van der Waals surface area (Å²) in [5, 5.41) is 12.6. The number of rotatable bonds is 5. The molecule has 0 aromatic carbocycles. The highest BCUT2D eigenvalue weighted by Crippen LogP contribution is 2.13. The van der Waals surface area contributed by atoms with Crippen LogP contribution < -0.4 is 5.32 Å². The second kappa shape index (κ2) is 5.83. The van der Waals surface area contributed by atoms with Crippen molar-refractivity contribution in [1.82, 2.24) is 10.3 Å². The Labute approximate surface area is 91.5 Å². The normalized spacial score (nSPS) is 15.3. The van der Waals surface area contributed by atoms with E-state index in [1.807, 2.05) is 12.1 Å². The zero-order valence-electron chi connectivity index (χ0n) is 9.64. The van der Waals surface area contributed by atoms with Gasteiger partial charge in [0, 0.05) is 24.5 Å². The molecule has 0 spiro atoms. The summed E-state index contributed by atoms with van der Waals surface area (Å²) in [5.41, 5.74) is 1.20. The maximum atomic E-state index is 9.22. The molecule has 1 heterocycles. The summed E-state index contributed by atoms with van der Waals surface area (Å²) in [6.07, 6.45) is 3.58. The number of nitrogens with zero attached hydrogens (tertiary/aromatic N) is 1. The smallest absolute Gasteiger partial charge is 0.0587 e. The lowest BCUT2D eigenvalue weighted by Gasteiger charge is -2.24. The summed E-state index contributed by atoms with van der Waals surface area (Å²) in [6, 6.07) is 4.37. The molecule has 0 fully saturated rings. The molecule has 84 valence electrons. The van der Waals surface area contributed by atoms with Gasteiger partial charge in [-0.05, 0) is 30.5 Å². The highest BCUT2D eigenvalue weighted by atomic mass is 16.3. The van der Waals surface area contributed by atoms with Gasteiger partial charge in [0.2, 0.25) is 0 Å². The second-order valence-corrected chi connectivity index (χ2v) is 4.20. The van der Waals surface area contributed by atoms with Gasteiger partial charge in [0.25, 0.3) is 0 Å². The van der Waals surface area contributed by atoms with Crippen LogP contribution in [0.1, 0.15) is 32.4 Å². The highest BCUT2D eigenvalue weighted by Gasteiger charge is 2.15. The molecule has 0 radical (unpaired) electrons. The standard InChI is InChI=1S/C12H20N2O/c1-9(2)12(8-15)14-10(3)11-4-6-13-7-5-11/h4-7,9-10,12,14-15H,8H2,1-3H3/t10?,12-/m1/s1. The minimum absolute atomic E-state index is 0.146. The first-order chi connectivity index (χ1) is 7.15. The van der Waals surface area contributed by atoms with E-state index in [0.29, 0.717) is 5.92 Å². The Kier molecular flexibility index (Phi) is 4.72. The third-order valence-electron chi connectivity index (χ3n) is 2.67. The summed E-state index contributed by atoms with van der Waals surface area (Å²) >= 11 is 0. The molecule has 1 aromatic heterocycles. The van der Waals surface area contributed by atoms with Crippen LogP contribution in [0.5, 0.6) is 0 Å². The molecule has 15 heavy (non-hydrogen) atoms. The molecule has 0 aliphatic rings. The van der Waals surface area contributed by atoms with Gasteiger partial charge in [0.05, 0.1) is 6.61 Å². The van der Waals surface area contributed by atoms with E-state index in [0.717, 1.165) is 0 Å². The molecule has 3 heteroatoms. The Balaban J connectivity index is 2.58. The van der Waals surface area contributed by atoms with Crippen molar-refractivity contribution >= 4 is 0 Å². The first-order valence-corrected chi connectivity index (χ1v) is 5.42.